The molecule has 2 aliphatic heterocycles. The standard InChI is InChI=1S/C17H31NO7S/c1-16(2,3)24-15(19)18-12-14(25-26(4,21)22)6-5-13(18)11-17(20)7-9-23-10-8-17/h13-14,20H,5-12H2,1-4H3. The molecule has 0 saturated carbocycles. The highest BCUT2D eigenvalue weighted by atomic mass is 32.2. The van der Waals surface area contributed by atoms with Gasteiger partial charge in [-0.25, -0.2) is 4.79 Å². The van der Waals surface area contributed by atoms with Crippen molar-refractivity contribution >= 4 is 16.2 Å². The van der Waals surface area contributed by atoms with E-state index >= 15 is 0 Å². The third-order valence-electron chi connectivity index (χ3n) is 4.64. The molecule has 8 nitrogen and oxygen atoms in total. The van der Waals surface area contributed by atoms with Crippen LogP contribution in [0.5, 0.6) is 0 Å². The summed E-state index contributed by atoms with van der Waals surface area (Å²) in [7, 11) is -3.61. The van der Waals surface area contributed by atoms with Gasteiger partial charge in [0.05, 0.1) is 24.5 Å². The number of hydrogen-bond acceptors (Lipinski definition) is 7. The van der Waals surface area contributed by atoms with E-state index in [-0.39, 0.29) is 12.6 Å². The van der Waals surface area contributed by atoms with Gasteiger partial charge in [0.1, 0.15) is 5.60 Å². The zero-order valence-electron chi connectivity index (χ0n) is 16.1. The predicted molar refractivity (Wildman–Crippen MR) is 95.3 cm³/mol. The van der Waals surface area contributed by atoms with Gasteiger partial charge in [0.25, 0.3) is 10.1 Å². The first-order valence-electron chi connectivity index (χ1n) is 9.05. The Labute approximate surface area is 155 Å². The molecule has 2 atom stereocenters. The largest absolute Gasteiger partial charge is 0.444 e. The molecule has 0 bridgehead atoms. The number of carbonyl (C=O) groups is 1. The third kappa shape index (κ3) is 6.68. The SMILES string of the molecule is CC(C)(C)OC(=O)N1CC(OS(C)(=O)=O)CCC1CC1(O)CCOCC1. The first-order valence-corrected chi connectivity index (χ1v) is 10.9. The minimum Gasteiger partial charge on any atom is -0.444 e. The average Bonchev–Trinajstić information content (AvgIpc) is 2.46. The molecule has 0 spiro atoms. The number of amides is 1. The summed E-state index contributed by atoms with van der Waals surface area (Å²) in [6, 6.07) is -0.229. The molecule has 9 heteroatoms. The van der Waals surface area contributed by atoms with Gasteiger partial charge in [-0.05, 0) is 52.9 Å². The fourth-order valence-corrected chi connectivity index (χ4v) is 4.12. The van der Waals surface area contributed by atoms with E-state index in [4.69, 9.17) is 13.7 Å². The van der Waals surface area contributed by atoms with Crippen molar-refractivity contribution in [3.05, 3.63) is 0 Å². The van der Waals surface area contributed by atoms with Gasteiger partial charge in [0, 0.05) is 19.3 Å². The van der Waals surface area contributed by atoms with Crippen molar-refractivity contribution in [2.75, 3.05) is 26.0 Å². The summed E-state index contributed by atoms with van der Waals surface area (Å²) in [5.74, 6) is 0. The van der Waals surface area contributed by atoms with E-state index in [0.717, 1.165) is 6.26 Å². The average molecular weight is 394 g/mol. The number of ether oxygens (including phenoxy) is 2. The number of nitrogens with zero attached hydrogens (tertiary/aromatic N) is 1. The molecule has 0 aromatic rings. The Bertz CT molecular complexity index is 593. The van der Waals surface area contributed by atoms with E-state index in [2.05, 4.69) is 0 Å². The molecule has 2 unspecified atom stereocenters. The second kappa shape index (κ2) is 8.00. The number of carbonyl (C=O) groups excluding carboxylic acids is 1. The van der Waals surface area contributed by atoms with Gasteiger partial charge in [-0.15, -0.1) is 0 Å². The first-order chi connectivity index (χ1) is 11.9. The Morgan fingerprint density at radius 3 is 2.42 bits per heavy atom. The second-order valence-electron chi connectivity index (χ2n) is 8.33. The Morgan fingerprint density at radius 1 is 1.27 bits per heavy atom. The zero-order chi connectivity index (χ0) is 19.6. The van der Waals surface area contributed by atoms with Gasteiger partial charge in [-0.1, -0.05) is 0 Å². The summed E-state index contributed by atoms with van der Waals surface area (Å²) >= 11 is 0. The fraction of sp³-hybridized carbons (Fsp3) is 0.941. The lowest BCUT2D eigenvalue weighted by Crippen LogP contribution is -2.54. The molecule has 2 fully saturated rings. The van der Waals surface area contributed by atoms with Crippen LogP contribution in [0.1, 0.15) is 52.9 Å². The van der Waals surface area contributed by atoms with Crippen molar-refractivity contribution in [3.63, 3.8) is 0 Å². The van der Waals surface area contributed by atoms with E-state index in [1.165, 1.54) is 4.90 Å². The molecule has 26 heavy (non-hydrogen) atoms. The molecule has 152 valence electrons. The number of likely N-dealkylation sites (tertiary alicyclic amines) is 1. The molecular weight excluding hydrogens is 362 g/mol. The molecule has 2 heterocycles. The van der Waals surface area contributed by atoms with Crippen LogP contribution in [0.3, 0.4) is 0 Å². The summed E-state index contributed by atoms with van der Waals surface area (Å²) in [6.07, 6.45) is 2.40. The predicted octanol–water partition coefficient (Wildman–Crippen LogP) is 1.66. The van der Waals surface area contributed by atoms with Crippen LogP contribution in [0.4, 0.5) is 4.79 Å². The Kier molecular flexibility index (Phi) is 6.58. The van der Waals surface area contributed by atoms with Crippen LogP contribution in [0.2, 0.25) is 0 Å². The fourth-order valence-electron chi connectivity index (χ4n) is 3.47. The van der Waals surface area contributed by atoms with Crippen molar-refractivity contribution in [1.29, 1.82) is 0 Å². The summed E-state index contributed by atoms with van der Waals surface area (Å²) in [4.78, 5) is 14.2. The molecule has 2 rings (SSSR count). The van der Waals surface area contributed by atoms with Crippen LogP contribution in [-0.2, 0) is 23.8 Å². The maximum Gasteiger partial charge on any atom is 0.410 e. The van der Waals surface area contributed by atoms with Gasteiger partial charge in [0.2, 0.25) is 0 Å². The van der Waals surface area contributed by atoms with E-state index in [9.17, 15) is 18.3 Å². The first kappa shape index (κ1) is 21.4. The molecule has 0 radical (unpaired) electrons. The Hall–Kier alpha value is -0.900. The van der Waals surface area contributed by atoms with Crippen molar-refractivity contribution < 1.29 is 32.0 Å². The lowest BCUT2D eigenvalue weighted by molar-refractivity contribution is -0.0880. The maximum atomic E-state index is 12.7. The topological polar surface area (TPSA) is 102 Å². The minimum atomic E-state index is -3.61. The van der Waals surface area contributed by atoms with E-state index < -0.39 is 33.5 Å². The molecular formula is C17H31NO7S. The van der Waals surface area contributed by atoms with Crippen molar-refractivity contribution in [2.45, 2.75) is 76.2 Å². The number of rotatable bonds is 4. The highest BCUT2D eigenvalue weighted by molar-refractivity contribution is 7.86. The summed E-state index contributed by atoms with van der Waals surface area (Å²) < 4.78 is 38.8. The van der Waals surface area contributed by atoms with Gasteiger partial charge in [-0.2, -0.15) is 8.42 Å². The lowest BCUT2D eigenvalue weighted by Gasteiger charge is -2.43. The highest BCUT2D eigenvalue weighted by Crippen LogP contribution is 2.33. The Morgan fingerprint density at radius 2 is 1.88 bits per heavy atom. The van der Waals surface area contributed by atoms with Crippen LogP contribution in [0, 0.1) is 0 Å². The van der Waals surface area contributed by atoms with Crippen molar-refractivity contribution in [1.82, 2.24) is 4.90 Å². The van der Waals surface area contributed by atoms with Crippen LogP contribution < -0.4 is 0 Å². The van der Waals surface area contributed by atoms with Crippen molar-refractivity contribution in [3.8, 4) is 0 Å². The summed E-state index contributed by atoms with van der Waals surface area (Å²) in [5, 5.41) is 10.8. The van der Waals surface area contributed by atoms with Crippen molar-refractivity contribution in [2.24, 2.45) is 0 Å². The third-order valence-corrected chi connectivity index (χ3v) is 5.26. The zero-order valence-corrected chi connectivity index (χ0v) is 16.9. The molecule has 0 aromatic heterocycles. The van der Waals surface area contributed by atoms with Gasteiger partial charge >= 0.3 is 6.09 Å². The maximum absolute atomic E-state index is 12.7. The van der Waals surface area contributed by atoms with Crippen LogP contribution in [0.25, 0.3) is 0 Å². The molecule has 0 aliphatic carbocycles. The van der Waals surface area contributed by atoms with E-state index in [0.29, 0.717) is 45.3 Å². The number of hydrogen-bond donors (Lipinski definition) is 1. The lowest BCUT2D eigenvalue weighted by atomic mass is 9.84. The van der Waals surface area contributed by atoms with Crippen LogP contribution >= 0.6 is 0 Å². The van der Waals surface area contributed by atoms with Gasteiger partial charge < -0.3 is 19.5 Å². The number of piperidine rings is 1. The summed E-state index contributed by atoms with van der Waals surface area (Å²) in [5.41, 5.74) is -1.55. The van der Waals surface area contributed by atoms with E-state index in [1.807, 2.05) is 0 Å². The minimum absolute atomic E-state index is 0.124. The van der Waals surface area contributed by atoms with Gasteiger partial charge in [-0.3, -0.25) is 4.18 Å². The molecule has 1 N–H and O–H groups in total. The van der Waals surface area contributed by atoms with Crippen LogP contribution in [0.15, 0.2) is 0 Å². The molecule has 0 aromatic carbocycles. The van der Waals surface area contributed by atoms with E-state index in [1.54, 1.807) is 20.8 Å². The number of aliphatic hydroxyl groups is 1. The molecule has 2 saturated heterocycles. The highest BCUT2D eigenvalue weighted by Gasteiger charge is 2.41. The Balaban J connectivity index is 2.12. The molecule has 1 amide bonds. The summed E-state index contributed by atoms with van der Waals surface area (Å²) in [6.45, 7) is 6.45. The monoisotopic (exact) mass is 393 g/mol. The smallest absolute Gasteiger partial charge is 0.410 e. The normalized spacial score (nSPS) is 27.2. The molecule has 2 aliphatic rings. The van der Waals surface area contributed by atoms with Crippen LogP contribution in [-0.4, -0.2) is 73.9 Å². The quantitative estimate of drug-likeness (QED) is 0.725. The second-order valence-corrected chi connectivity index (χ2v) is 9.93. The van der Waals surface area contributed by atoms with Gasteiger partial charge in [0.15, 0.2) is 0 Å².